The topological polar surface area (TPSA) is 29.5 Å². The largest absolute Gasteiger partial charge is 0.488 e. The molecule has 0 fully saturated rings. The molecule has 0 aliphatic heterocycles. The molecule has 0 saturated carbocycles. The van der Waals surface area contributed by atoms with E-state index < -0.39 is 0 Å². The summed E-state index contributed by atoms with van der Waals surface area (Å²) in [7, 11) is 0. The SMILES string of the molecule is CCc1ccc(COc2ccc(Br)cc2CO)s1. The number of hydrogen-bond acceptors (Lipinski definition) is 3. The monoisotopic (exact) mass is 326 g/mol. The average Bonchev–Trinajstić information content (AvgIpc) is 2.85. The number of halogens is 1. The number of thiophene rings is 1. The Morgan fingerprint density at radius 1 is 1.22 bits per heavy atom. The van der Waals surface area contributed by atoms with Crippen LogP contribution >= 0.6 is 27.3 Å². The molecule has 2 aromatic rings. The van der Waals surface area contributed by atoms with E-state index in [0.29, 0.717) is 6.61 Å². The van der Waals surface area contributed by atoms with E-state index in [1.807, 2.05) is 18.2 Å². The molecular weight excluding hydrogens is 312 g/mol. The Labute approximate surface area is 119 Å². The molecule has 0 aliphatic carbocycles. The van der Waals surface area contributed by atoms with Gasteiger partial charge in [0, 0.05) is 19.8 Å². The molecule has 1 aromatic carbocycles. The number of aryl methyl sites for hydroxylation is 1. The van der Waals surface area contributed by atoms with Crippen molar-refractivity contribution in [1.82, 2.24) is 0 Å². The van der Waals surface area contributed by atoms with Gasteiger partial charge in [-0.15, -0.1) is 11.3 Å². The Morgan fingerprint density at radius 2 is 2.00 bits per heavy atom. The number of hydrogen-bond donors (Lipinski definition) is 1. The molecule has 1 aromatic heterocycles. The van der Waals surface area contributed by atoms with E-state index in [1.165, 1.54) is 9.75 Å². The van der Waals surface area contributed by atoms with Crippen LogP contribution < -0.4 is 4.74 Å². The molecule has 0 aliphatic rings. The number of ether oxygens (including phenoxy) is 1. The third-order valence-electron chi connectivity index (χ3n) is 2.63. The maximum absolute atomic E-state index is 9.28. The van der Waals surface area contributed by atoms with Crippen LogP contribution in [0.2, 0.25) is 0 Å². The van der Waals surface area contributed by atoms with Gasteiger partial charge in [0.2, 0.25) is 0 Å². The second kappa shape index (κ2) is 6.36. The van der Waals surface area contributed by atoms with Crippen molar-refractivity contribution in [3.8, 4) is 5.75 Å². The van der Waals surface area contributed by atoms with Gasteiger partial charge in [0.15, 0.2) is 0 Å². The first kappa shape index (κ1) is 13.6. The van der Waals surface area contributed by atoms with Crippen LogP contribution in [0.25, 0.3) is 0 Å². The van der Waals surface area contributed by atoms with Crippen molar-refractivity contribution in [3.63, 3.8) is 0 Å². The molecule has 96 valence electrons. The molecule has 0 saturated heterocycles. The maximum atomic E-state index is 9.28. The van der Waals surface area contributed by atoms with Gasteiger partial charge in [0.25, 0.3) is 0 Å². The highest BCUT2D eigenvalue weighted by molar-refractivity contribution is 9.10. The van der Waals surface area contributed by atoms with Gasteiger partial charge in [-0.25, -0.2) is 0 Å². The highest BCUT2D eigenvalue weighted by atomic mass is 79.9. The Balaban J connectivity index is 2.05. The Hall–Kier alpha value is -0.840. The molecule has 18 heavy (non-hydrogen) atoms. The van der Waals surface area contributed by atoms with E-state index in [9.17, 15) is 5.11 Å². The van der Waals surface area contributed by atoms with Gasteiger partial charge in [-0.2, -0.15) is 0 Å². The zero-order valence-electron chi connectivity index (χ0n) is 10.1. The molecule has 4 heteroatoms. The van der Waals surface area contributed by atoms with Crippen molar-refractivity contribution in [2.75, 3.05) is 0 Å². The first-order valence-electron chi connectivity index (χ1n) is 5.82. The number of aliphatic hydroxyl groups excluding tert-OH is 1. The zero-order valence-corrected chi connectivity index (χ0v) is 12.6. The maximum Gasteiger partial charge on any atom is 0.125 e. The summed E-state index contributed by atoms with van der Waals surface area (Å²) in [5.74, 6) is 0.743. The van der Waals surface area contributed by atoms with E-state index in [0.717, 1.165) is 22.2 Å². The average molecular weight is 327 g/mol. The summed E-state index contributed by atoms with van der Waals surface area (Å²) < 4.78 is 6.70. The molecule has 0 spiro atoms. The van der Waals surface area contributed by atoms with Crippen molar-refractivity contribution < 1.29 is 9.84 Å². The first-order chi connectivity index (χ1) is 8.72. The fraction of sp³-hybridized carbons (Fsp3) is 0.286. The highest BCUT2D eigenvalue weighted by Gasteiger charge is 2.05. The number of aliphatic hydroxyl groups is 1. The second-order valence-corrected chi connectivity index (χ2v) is 6.09. The lowest BCUT2D eigenvalue weighted by atomic mass is 10.2. The number of benzene rings is 1. The summed E-state index contributed by atoms with van der Waals surface area (Å²) in [6.45, 7) is 2.69. The lowest BCUT2D eigenvalue weighted by Gasteiger charge is -2.09. The quantitative estimate of drug-likeness (QED) is 0.894. The second-order valence-electron chi connectivity index (χ2n) is 3.92. The summed E-state index contributed by atoms with van der Waals surface area (Å²) >= 11 is 5.15. The predicted octanol–water partition coefficient (Wildman–Crippen LogP) is 4.14. The minimum absolute atomic E-state index is 0.0145. The van der Waals surface area contributed by atoms with Gasteiger partial charge in [0.1, 0.15) is 12.4 Å². The third kappa shape index (κ3) is 3.34. The lowest BCUT2D eigenvalue weighted by Crippen LogP contribution is -1.97. The van der Waals surface area contributed by atoms with Crippen molar-refractivity contribution >= 4 is 27.3 Å². The fourth-order valence-corrected chi connectivity index (χ4v) is 2.93. The normalized spacial score (nSPS) is 10.6. The molecule has 0 unspecified atom stereocenters. The van der Waals surface area contributed by atoms with E-state index in [-0.39, 0.29) is 6.61 Å². The van der Waals surface area contributed by atoms with Crippen LogP contribution in [-0.2, 0) is 19.6 Å². The Bertz CT molecular complexity index is 522. The summed E-state index contributed by atoms with van der Waals surface area (Å²) in [6, 6.07) is 9.91. The minimum atomic E-state index is -0.0145. The van der Waals surface area contributed by atoms with Crippen LogP contribution in [0.3, 0.4) is 0 Å². The Morgan fingerprint density at radius 3 is 2.67 bits per heavy atom. The zero-order chi connectivity index (χ0) is 13.0. The Kier molecular flexibility index (Phi) is 4.80. The van der Waals surface area contributed by atoms with Crippen LogP contribution in [-0.4, -0.2) is 5.11 Å². The van der Waals surface area contributed by atoms with Crippen LogP contribution in [0.15, 0.2) is 34.8 Å². The summed E-state index contributed by atoms with van der Waals surface area (Å²) in [6.07, 6.45) is 1.06. The van der Waals surface area contributed by atoms with Crippen LogP contribution in [0.1, 0.15) is 22.2 Å². The third-order valence-corrected chi connectivity index (χ3v) is 4.32. The summed E-state index contributed by atoms with van der Waals surface area (Å²) in [4.78, 5) is 2.57. The van der Waals surface area contributed by atoms with E-state index in [2.05, 4.69) is 35.0 Å². The number of rotatable bonds is 5. The highest BCUT2D eigenvalue weighted by Crippen LogP contribution is 2.25. The minimum Gasteiger partial charge on any atom is -0.488 e. The van der Waals surface area contributed by atoms with E-state index in [4.69, 9.17) is 4.74 Å². The van der Waals surface area contributed by atoms with Gasteiger partial charge in [-0.3, -0.25) is 0 Å². The van der Waals surface area contributed by atoms with Gasteiger partial charge in [-0.1, -0.05) is 22.9 Å². The molecule has 1 heterocycles. The van der Waals surface area contributed by atoms with Crippen molar-refractivity contribution in [3.05, 3.63) is 50.1 Å². The first-order valence-corrected chi connectivity index (χ1v) is 7.43. The lowest BCUT2D eigenvalue weighted by molar-refractivity contribution is 0.260. The molecule has 0 amide bonds. The van der Waals surface area contributed by atoms with Crippen LogP contribution in [0.4, 0.5) is 0 Å². The fourth-order valence-electron chi connectivity index (χ4n) is 1.65. The van der Waals surface area contributed by atoms with Gasteiger partial charge in [0.05, 0.1) is 6.61 Å². The van der Waals surface area contributed by atoms with Crippen LogP contribution in [0.5, 0.6) is 5.75 Å². The van der Waals surface area contributed by atoms with Crippen molar-refractivity contribution in [2.45, 2.75) is 26.6 Å². The molecule has 0 bridgehead atoms. The predicted molar refractivity (Wildman–Crippen MR) is 78.1 cm³/mol. The standard InChI is InChI=1S/C14H15BrO2S/c1-2-12-4-5-13(18-12)9-17-14-6-3-11(15)7-10(14)8-16/h3-7,16H,2,8-9H2,1H3. The molecule has 0 radical (unpaired) electrons. The molecule has 1 N–H and O–H groups in total. The van der Waals surface area contributed by atoms with Gasteiger partial charge < -0.3 is 9.84 Å². The van der Waals surface area contributed by atoms with E-state index >= 15 is 0 Å². The molecule has 2 nitrogen and oxygen atoms in total. The van der Waals surface area contributed by atoms with Gasteiger partial charge >= 0.3 is 0 Å². The summed E-state index contributed by atoms with van der Waals surface area (Å²) in [5, 5.41) is 9.28. The van der Waals surface area contributed by atoms with E-state index in [1.54, 1.807) is 11.3 Å². The molecule has 0 atom stereocenters. The summed E-state index contributed by atoms with van der Waals surface area (Å²) in [5.41, 5.74) is 0.802. The molecule has 2 rings (SSSR count). The van der Waals surface area contributed by atoms with Gasteiger partial charge in [-0.05, 0) is 36.8 Å². The van der Waals surface area contributed by atoms with Crippen molar-refractivity contribution in [1.29, 1.82) is 0 Å². The van der Waals surface area contributed by atoms with Crippen molar-refractivity contribution in [2.24, 2.45) is 0 Å². The molecular formula is C14H15BrO2S. The van der Waals surface area contributed by atoms with Crippen LogP contribution in [0, 0.1) is 0 Å². The smallest absolute Gasteiger partial charge is 0.125 e.